The minimum Gasteiger partial charge on any atom is -0.359 e. The molecule has 0 unspecified atom stereocenters. The van der Waals surface area contributed by atoms with Gasteiger partial charge in [0.15, 0.2) is 6.29 Å². The van der Waals surface area contributed by atoms with Crippen LogP contribution in [-0.2, 0) is 9.47 Å². The van der Waals surface area contributed by atoms with Crippen LogP contribution in [0.2, 0.25) is 5.15 Å². The molecule has 0 amide bonds. The Hall–Kier alpha value is -1.51. The molecule has 0 aliphatic rings. The molecule has 0 aliphatic heterocycles. The molecule has 9 heteroatoms. The van der Waals surface area contributed by atoms with E-state index in [1.54, 1.807) is 0 Å². The SMILES string of the molecule is COC(CNc1ncnc(Cl)c1[N+](=O)[O-])OC. The van der Waals surface area contributed by atoms with Crippen molar-refractivity contribution in [2.45, 2.75) is 6.29 Å². The van der Waals surface area contributed by atoms with Gasteiger partial charge < -0.3 is 14.8 Å². The number of aromatic nitrogens is 2. The summed E-state index contributed by atoms with van der Waals surface area (Å²) < 4.78 is 9.84. The fraction of sp³-hybridized carbons (Fsp3) is 0.500. The Labute approximate surface area is 102 Å². The molecule has 8 nitrogen and oxygen atoms in total. The molecule has 0 saturated carbocycles. The zero-order valence-electron chi connectivity index (χ0n) is 9.21. The average molecular weight is 263 g/mol. The maximum absolute atomic E-state index is 10.8. The van der Waals surface area contributed by atoms with Gasteiger partial charge in [0.1, 0.15) is 6.33 Å². The quantitative estimate of drug-likeness (QED) is 0.354. The molecule has 0 atom stereocenters. The van der Waals surface area contributed by atoms with Crippen LogP contribution in [0.4, 0.5) is 11.5 Å². The minimum atomic E-state index is -0.653. The molecule has 1 aromatic heterocycles. The largest absolute Gasteiger partial charge is 0.359 e. The number of methoxy groups -OCH3 is 2. The summed E-state index contributed by atoms with van der Waals surface area (Å²) in [5.74, 6) is 0.0223. The van der Waals surface area contributed by atoms with E-state index in [2.05, 4.69) is 15.3 Å². The first kappa shape index (κ1) is 13.6. The molecule has 1 heterocycles. The Kier molecular flexibility index (Phi) is 5.01. The highest BCUT2D eigenvalue weighted by molar-refractivity contribution is 6.31. The fourth-order valence-electron chi connectivity index (χ4n) is 1.09. The third-order valence-electron chi connectivity index (χ3n) is 1.92. The molecule has 94 valence electrons. The normalized spacial score (nSPS) is 10.6. The maximum atomic E-state index is 10.8. The van der Waals surface area contributed by atoms with Crippen LogP contribution >= 0.6 is 11.6 Å². The van der Waals surface area contributed by atoms with Gasteiger partial charge in [0.2, 0.25) is 11.0 Å². The highest BCUT2D eigenvalue weighted by Gasteiger charge is 2.21. The standard InChI is InChI=1S/C8H11ClN4O4/c1-16-5(17-2)3-10-8-6(13(14)15)7(9)11-4-12-8/h4-5H,3H2,1-2H3,(H,10,11,12). The molecular formula is C8H11ClN4O4. The molecule has 0 aromatic carbocycles. The van der Waals surface area contributed by atoms with E-state index in [0.29, 0.717) is 0 Å². The van der Waals surface area contributed by atoms with Crippen molar-refractivity contribution in [2.24, 2.45) is 0 Å². The molecular weight excluding hydrogens is 252 g/mol. The van der Waals surface area contributed by atoms with Gasteiger partial charge in [-0.25, -0.2) is 9.97 Å². The summed E-state index contributed by atoms with van der Waals surface area (Å²) in [6.45, 7) is 0.196. The summed E-state index contributed by atoms with van der Waals surface area (Å²) >= 11 is 5.61. The number of nitro groups is 1. The number of rotatable bonds is 6. The monoisotopic (exact) mass is 262 g/mol. The summed E-state index contributed by atoms with van der Waals surface area (Å²) in [5, 5.41) is 13.3. The van der Waals surface area contributed by atoms with Crippen LogP contribution in [0.25, 0.3) is 0 Å². The Bertz CT molecular complexity index is 399. The molecule has 0 bridgehead atoms. The lowest BCUT2D eigenvalue weighted by Crippen LogP contribution is -2.24. The van der Waals surface area contributed by atoms with Crippen LogP contribution in [-0.4, -0.2) is 41.9 Å². The van der Waals surface area contributed by atoms with Crippen molar-refractivity contribution in [3.63, 3.8) is 0 Å². The molecule has 0 spiro atoms. The second-order valence-corrected chi connectivity index (χ2v) is 3.26. The van der Waals surface area contributed by atoms with E-state index in [1.165, 1.54) is 14.2 Å². The van der Waals surface area contributed by atoms with Crippen molar-refractivity contribution < 1.29 is 14.4 Å². The highest BCUT2D eigenvalue weighted by Crippen LogP contribution is 2.28. The first-order valence-electron chi connectivity index (χ1n) is 4.54. The Morgan fingerprint density at radius 2 is 2.18 bits per heavy atom. The van der Waals surface area contributed by atoms with Gasteiger partial charge in [0, 0.05) is 14.2 Å². The van der Waals surface area contributed by atoms with Gasteiger partial charge in [-0.15, -0.1) is 0 Å². The molecule has 0 radical (unpaired) electrons. The molecule has 17 heavy (non-hydrogen) atoms. The number of hydrogen-bond donors (Lipinski definition) is 1. The smallest absolute Gasteiger partial charge is 0.348 e. The second kappa shape index (κ2) is 6.28. The van der Waals surface area contributed by atoms with E-state index in [0.717, 1.165) is 6.33 Å². The lowest BCUT2D eigenvalue weighted by molar-refractivity contribution is -0.384. The topological polar surface area (TPSA) is 99.4 Å². The van der Waals surface area contributed by atoms with Gasteiger partial charge in [-0.2, -0.15) is 0 Å². The lowest BCUT2D eigenvalue weighted by Gasteiger charge is -2.14. The number of nitrogens with one attached hydrogen (secondary N) is 1. The predicted molar refractivity (Wildman–Crippen MR) is 60.0 cm³/mol. The van der Waals surface area contributed by atoms with E-state index in [9.17, 15) is 10.1 Å². The number of ether oxygens (including phenoxy) is 2. The van der Waals surface area contributed by atoms with Crippen LogP contribution < -0.4 is 5.32 Å². The number of nitrogens with zero attached hydrogens (tertiary/aromatic N) is 3. The van der Waals surface area contributed by atoms with Crippen molar-refractivity contribution in [1.29, 1.82) is 0 Å². The predicted octanol–water partition coefficient (Wildman–Crippen LogP) is 1.07. The summed E-state index contributed by atoms with van der Waals surface area (Å²) in [6, 6.07) is 0. The Balaban J connectivity index is 2.84. The van der Waals surface area contributed by atoms with Gasteiger partial charge in [0.25, 0.3) is 0 Å². The summed E-state index contributed by atoms with van der Waals surface area (Å²) in [7, 11) is 2.91. The molecule has 0 saturated heterocycles. The van der Waals surface area contributed by atoms with E-state index in [1.807, 2.05) is 0 Å². The van der Waals surface area contributed by atoms with Crippen molar-refractivity contribution in [1.82, 2.24) is 9.97 Å². The van der Waals surface area contributed by atoms with Crippen LogP contribution in [0.1, 0.15) is 0 Å². The number of anilines is 1. The molecule has 1 N–H and O–H groups in total. The van der Waals surface area contributed by atoms with Crippen molar-refractivity contribution in [2.75, 3.05) is 26.1 Å². The lowest BCUT2D eigenvalue weighted by atomic mass is 10.4. The summed E-state index contributed by atoms with van der Waals surface area (Å²) in [6.07, 6.45) is 0.593. The Morgan fingerprint density at radius 3 is 2.71 bits per heavy atom. The van der Waals surface area contributed by atoms with Crippen molar-refractivity contribution in [3.05, 3.63) is 21.6 Å². The zero-order chi connectivity index (χ0) is 12.8. The fourth-order valence-corrected chi connectivity index (χ4v) is 1.29. The number of halogens is 1. The van der Waals surface area contributed by atoms with Crippen LogP contribution in [0.3, 0.4) is 0 Å². The molecule has 0 fully saturated rings. The summed E-state index contributed by atoms with van der Waals surface area (Å²) in [5.41, 5.74) is -0.375. The van der Waals surface area contributed by atoms with Crippen LogP contribution in [0.15, 0.2) is 6.33 Å². The van der Waals surface area contributed by atoms with E-state index < -0.39 is 11.2 Å². The van der Waals surface area contributed by atoms with Gasteiger partial charge in [-0.05, 0) is 0 Å². The van der Waals surface area contributed by atoms with Gasteiger partial charge in [-0.1, -0.05) is 11.6 Å². The third kappa shape index (κ3) is 3.48. The molecule has 1 rings (SSSR count). The van der Waals surface area contributed by atoms with Gasteiger partial charge >= 0.3 is 5.69 Å². The Morgan fingerprint density at radius 1 is 1.53 bits per heavy atom. The summed E-state index contributed by atoms with van der Waals surface area (Å²) in [4.78, 5) is 17.4. The highest BCUT2D eigenvalue weighted by atomic mass is 35.5. The first-order valence-corrected chi connectivity index (χ1v) is 4.92. The first-order chi connectivity index (χ1) is 8.10. The maximum Gasteiger partial charge on any atom is 0.348 e. The minimum absolute atomic E-state index is 0.0223. The van der Waals surface area contributed by atoms with Crippen LogP contribution in [0.5, 0.6) is 0 Å². The average Bonchev–Trinajstić information content (AvgIpc) is 2.29. The van der Waals surface area contributed by atoms with E-state index in [-0.39, 0.29) is 23.2 Å². The zero-order valence-corrected chi connectivity index (χ0v) is 9.97. The van der Waals surface area contributed by atoms with Crippen molar-refractivity contribution in [3.8, 4) is 0 Å². The van der Waals surface area contributed by atoms with E-state index >= 15 is 0 Å². The second-order valence-electron chi connectivity index (χ2n) is 2.90. The number of hydrogen-bond acceptors (Lipinski definition) is 7. The van der Waals surface area contributed by atoms with Gasteiger partial charge in [0.05, 0.1) is 11.5 Å². The van der Waals surface area contributed by atoms with E-state index in [4.69, 9.17) is 21.1 Å². The molecule has 0 aliphatic carbocycles. The van der Waals surface area contributed by atoms with Gasteiger partial charge in [-0.3, -0.25) is 10.1 Å². The molecule has 1 aromatic rings. The van der Waals surface area contributed by atoms with Crippen LogP contribution in [0, 0.1) is 10.1 Å². The third-order valence-corrected chi connectivity index (χ3v) is 2.20. The van der Waals surface area contributed by atoms with Crippen molar-refractivity contribution >= 4 is 23.1 Å².